The number of ether oxygens (including phenoxy) is 1. The third-order valence-electron chi connectivity index (χ3n) is 6.20. The zero-order chi connectivity index (χ0) is 23.4. The van der Waals surface area contributed by atoms with Crippen molar-refractivity contribution in [2.75, 3.05) is 6.61 Å². The van der Waals surface area contributed by atoms with Gasteiger partial charge in [-0.2, -0.15) is 10.2 Å². The first-order valence-corrected chi connectivity index (χ1v) is 10.9. The lowest BCUT2D eigenvalue weighted by Crippen LogP contribution is -2.31. The molecule has 1 atom stereocenters. The Bertz CT molecular complexity index is 1690. The van der Waals surface area contributed by atoms with Crippen LogP contribution in [0, 0.1) is 17.1 Å². The lowest BCUT2D eigenvalue weighted by atomic mass is 10.0. The van der Waals surface area contributed by atoms with Gasteiger partial charge in [-0.3, -0.25) is 13.7 Å². The summed E-state index contributed by atoms with van der Waals surface area (Å²) in [6, 6.07) is 11.3. The minimum atomic E-state index is -0.393. The molecule has 3 aromatic heterocycles. The van der Waals surface area contributed by atoms with Crippen LogP contribution in [0.15, 0.2) is 53.7 Å². The van der Waals surface area contributed by atoms with Crippen molar-refractivity contribution in [3.05, 3.63) is 76.4 Å². The van der Waals surface area contributed by atoms with Gasteiger partial charge in [-0.1, -0.05) is 6.07 Å². The molecule has 0 amide bonds. The summed E-state index contributed by atoms with van der Waals surface area (Å²) in [4.78, 5) is 27.1. The SMILES string of the molecule is CCn1c(=O)n([C@@H]2CCOc3cc(F)ccc32)c2nc(-n3cnc4ccc(C#N)cc43)ncc21. The number of aryl methyl sites for hydroxylation is 1. The van der Waals surface area contributed by atoms with Crippen molar-refractivity contribution in [1.29, 1.82) is 5.26 Å². The summed E-state index contributed by atoms with van der Waals surface area (Å²) >= 11 is 0. The fourth-order valence-electron chi connectivity index (χ4n) is 4.60. The van der Waals surface area contributed by atoms with Gasteiger partial charge in [0.1, 0.15) is 23.4 Å². The molecule has 0 aliphatic carbocycles. The topological polar surface area (TPSA) is 104 Å². The predicted octanol–water partition coefficient (Wildman–Crippen LogP) is 3.33. The summed E-state index contributed by atoms with van der Waals surface area (Å²) in [5, 5.41) is 9.29. The first-order chi connectivity index (χ1) is 16.6. The minimum absolute atomic E-state index is 0.214. The van der Waals surface area contributed by atoms with Crippen molar-refractivity contribution in [3.8, 4) is 17.8 Å². The maximum absolute atomic E-state index is 13.8. The fraction of sp³-hybridized carbons (Fsp3) is 0.208. The predicted molar refractivity (Wildman–Crippen MR) is 121 cm³/mol. The number of benzene rings is 2. The van der Waals surface area contributed by atoms with E-state index in [4.69, 9.17) is 9.72 Å². The molecule has 0 unspecified atom stereocenters. The molecule has 6 rings (SSSR count). The molecule has 34 heavy (non-hydrogen) atoms. The molecular formula is C24H18FN7O2. The Labute approximate surface area is 192 Å². The van der Waals surface area contributed by atoms with Crippen molar-refractivity contribution < 1.29 is 9.13 Å². The number of aromatic nitrogens is 6. The van der Waals surface area contributed by atoms with E-state index in [0.717, 1.165) is 5.56 Å². The third kappa shape index (κ3) is 2.90. The molecule has 0 spiro atoms. The van der Waals surface area contributed by atoms with Crippen molar-refractivity contribution in [2.45, 2.75) is 25.9 Å². The number of hydrogen-bond acceptors (Lipinski definition) is 6. The Kier molecular flexibility index (Phi) is 4.45. The number of rotatable bonds is 3. The molecule has 0 radical (unpaired) electrons. The smallest absolute Gasteiger partial charge is 0.330 e. The standard InChI is InChI=1S/C24H18FN7O2/c1-2-30-20-12-27-23(31-13-28-17-6-3-14(11-26)9-19(17)31)29-22(20)32(24(30)33)18-7-8-34-21-10-15(25)4-5-16(18)21/h3-6,9-10,12-13,18H,2,7-8H2,1H3/t18-/m1/s1. The second-order valence-electron chi connectivity index (χ2n) is 8.04. The number of hydrogen-bond donors (Lipinski definition) is 0. The second-order valence-corrected chi connectivity index (χ2v) is 8.04. The van der Waals surface area contributed by atoms with Crippen LogP contribution in [0.1, 0.15) is 30.5 Å². The van der Waals surface area contributed by atoms with Crippen LogP contribution in [0.4, 0.5) is 4.39 Å². The Hall–Kier alpha value is -4.52. The fourth-order valence-corrected chi connectivity index (χ4v) is 4.60. The van der Waals surface area contributed by atoms with Gasteiger partial charge in [-0.15, -0.1) is 0 Å². The van der Waals surface area contributed by atoms with Gasteiger partial charge >= 0.3 is 5.69 Å². The van der Waals surface area contributed by atoms with Crippen LogP contribution >= 0.6 is 0 Å². The second kappa shape index (κ2) is 7.52. The van der Waals surface area contributed by atoms with Crippen LogP contribution in [0.3, 0.4) is 0 Å². The van der Waals surface area contributed by atoms with E-state index in [1.165, 1.54) is 12.1 Å². The van der Waals surface area contributed by atoms with Crippen molar-refractivity contribution in [3.63, 3.8) is 0 Å². The van der Waals surface area contributed by atoms with E-state index in [2.05, 4.69) is 16.0 Å². The molecular weight excluding hydrogens is 437 g/mol. The first kappa shape index (κ1) is 20.1. The van der Waals surface area contributed by atoms with E-state index in [-0.39, 0.29) is 11.7 Å². The molecule has 0 saturated carbocycles. The van der Waals surface area contributed by atoms with Crippen LogP contribution in [0.5, 0.6) is 5.75 Å². The van der Waals surface area contributed by atoms with Gasteiger partial charge in [0.25, 0.3) is 0 Å². The Morgan fingerprint density at radius 3 is 2.91 bits per heavy atom. The summed E-state index contributed by atoms with van der Waals surface area (Å²) in [5.74, 6) is 0.369. The molecule has 4 heterocycles. The van der Waals surface area contributed by atoms with Gasteiger partial charge in [0.05, 0.1) is 41.5 Å². The molecule has 0 fully saturated rings. The van der Waals surface area contributed by atoms with Gasteiger partial charge in [0.2, 0.25) is 5.95 Å². The number of nitriles is 1. The van der Waals surface area contributed by atoms with Crippen molar-refractivity contribution in [2.24, 2.45) is 0 Å². The van der Waals surface area contributed by atoms with E-state index in [1.54, 1.807) is 50.5 Å². The summed E-state index contributed by atoms with van der Waals surface area (Å²) in [6.45, 7) is 2.69. The quantitative estimate of drug-likeness (QED) is 0.413. The summed E-state index contributed by atoms with van der Waals surface area (Å²) < 4.78 is 24.4. The van der Waals surface area contributed by atoms with Gasteiger partial charge in [0.15, 0.2) is 5.65 Å². The van der Waals surface area contributed by atoms with Crippen LogP contribution in [-0.2, 0) is 6.54 Å². The lowest BCUT2D eigenvalue weighted by molar-refractivity contribution is 0.254. The van der Waals surface area contributed by atoms with E-state index < -0.39 is 5.82 Å². The van der Waals surface area contributed by atoms with Crippen LogP contribution in [0.25, 0.3) is 28.1 Å². The monoisotopic (exact) mass is 455 g/mol. The Morgan fingerprint density at radius 1 is 1.21 bits per heavy atom. The van der Waals surface area contributed by atoms with Crippen LogP contribution in [0.2, 0.25) is 0 Å². The molecule has 0 bridgehead atoms. The maximum atomic E-state index is 13.8. The summed E-state index contributed by atoms with van der Waals surface area (Å²) in [7, 11) is 0. The van der Waals surface area contributed by atoms with Gasteiger partial charge in [0, 0.05) is 24.6 Å². The highest BCUT2D eigenvalue weighted by molar-refractivity contribution is 5.79. The minimum Gasteiger partial charge on any atom is -0.493 e. The van der Waals surface area contributed by atoms with Crippen molar-refractivity contribution >= 4 is 22.2 Å². The van der Waals surface area contributed by atoms with Crippen LogP contribution < -0.4 is 10.4 Å². The molecule has 5 aromatic rings. The molecule has 0 N–H and O–H groups in total. The van der Waals surface area contributed by atoms with Crippen molar-refractivity contribution in [1.82, 2.24) is 28.7 Å². The normalized spacial score (nSPS) is 15.3. The molecule has 10 heteroatoms. The lowest BCUT2D eigenvalue weighted by Gasteiger charge is -2.26. The zero-order valence-corrected chi connectivity index (χ0v) is 18.1. The highest BCUT2D eigenvalue weighted by Crippen LogP contribution is 2.36. The van der Waals surface area contributed by atoms with Gasteiger partial charge < -0.3 is 4.74 Å². The molecule has 0 saturated heterocycles. The summed E-state index contributed by atoms with van der Waals surface area (Å²) in [5.41, 5.74) is 3.48. The Morgan fingerprint density at radius 2 is 2.09 bits per heavy atom. The molecule has 1 aliphatic heterocycles. The first-order valence-electron chi connectivity index (χ1n) is 10.9. The average Bonchev–Trinajstić information content (AvgIpc) is 3.40. The molecule has 9 nitrogen and oxygen atoms in total. The highest BCUT2D eigenvalue weighted by atomic mass is 19.1. The number of imidazole rings is 2. The van der Waals surface area contributed by atoms with Gasteiger partial charge in [-0.25, -0.2) is 19.2 Å². The van der Waals surface area contributed by atoms with Crippen LogP contribution in [-0.4, -0.2) is 35.3 Å². The molecule has 2 aromatic carbocycles. The summed E-state index contributed by atoms with van der Waals surface area (Å²) in [6.07, 6.45) is 3.77. The molecule has 1 aliphatic rings. The number of halogens is 1. The highest BCUT2D eigenvalue weighted by Gasteiger charge is 2.29. The average molecular weight is 455 g/mol. The Balaban J connectivity index is 1.59. The van der Waals surface area contributed by atoms with E-state index in [1.807, 2.05) is 6.92 Å². The zero-order valence-electron chi connectivity index (χ0n) is 18.1. The number of fused-ring (bicyclic) bond motifs is 3. The number of nitrogens with zero attached hydrogens (tertiary/aromatic N) is 7. The largest absolute Gasteiger partial charge is 0.493 e. The maximum Gasteiger partial charge on any atom is 0.330 e. The van der Waals surface area contributed by atoms with Gasteiger partial charge in [-0.05, 0) is 31.2 Å². The van der Waals surface area contributed by atoms with E-state index in [9.17, 15) is 14.4 Å². The molecule has 168 valence electrons. The third-order valence-corrected chi connectivity index (χ3v) is 6.20. The van der Waals surface area contributed by atoms with E-state index >= 15 is 0 Å². The van der Waals surface area contributed by atoms with E-state index in [0.29, 0.717) is 59.0 Å².